The van der Waals surface area contributed by atoms with Crippen molar-refractivity contribution in [2.45, 2.75) is 25.3 Å². The molecular formula is C21H20N2O2. The molecule has 1 N–H and O–H groups in total. The second-order valence-electron chi connectivity index (χ2n) is 6.58. The van der Waals surface area contributed by atoms with E-state index in [1.807, 2.05) is 41.3 Å². The third-order valence-electron chi connectivity index (χ3n) is 4.94. The zero-order valence-electron chi connectivity index (χ0n) is 13.9. The van der Waals surface area contributed by atoms with Crippen LogP contribution >= 0.6 is 0 Å². The first-order chi connectivity index (χ1) is 12.2. The minimum Gasteiger partial charge on any atom is -0.334 e. The van der Waals surface area contributed by atoms with Crippen molar-refractivity contribution in [3.63, 3.8) is 0 Å². The van der Waals surface area contributed by atoms with Crippen LogP contribution in [0.5, 0.6) is 0 Å². The van der Waals surface area contributed by atoms with Crippen LogP contribution in [0.1, 0.15) is 28.9 Å². The molecule has 4 rings (SSSR count). The molecule has 0 unspecified atom stereocenters. The van der Waals surface area contributed by atoms with E-state index >= 15 is 0 Å². The number of H-pyrrole nitrogens is 1. The van der Waals surface area contributed by atoms with Crippen LogP contribution in [0.25, 0.3) is 10.8 Å². The summed E-state index contributed by atoms with van der Waals surface area (Å²) in [5.41, 5.74) is 1.41. The molecule has 0 spiro atoms. The Bertz CT molecular complexity index is 962. The number of pyridine rings is 1. The summed E-state index contributed by atoms with van der Waals surface area (Å²) >= 11 is 0. The predicted molar refractivity (Wildman–Crippen MR) is 98.8 cm³/mol. The summed E-state index contributed by atoms with van der Waals surface area (Å²) in [7, 11) is 0. The van der Waals surface area contributed by atoms with E-state index in [9.17, 15) is 9.59 Å². The minimum atomic E-state index is -0.208. The maximum atomic E-state index is 13.0. The van der Waals surface area contributed by atoms with Crippen molar-refractivity contribution in [3.8, 4) is 0 Å². The standard InChI is InChI=1S/C21H20N2O2/c24-20-18-11-5-4-9-16(18)14-19(22-20)21(25)23-12-6-10-17(23)13-15-7-2-1-3-8-15/h1-5,7-9,11,14,17H,6,10,12-13H2,(H,22,24)/t17-/m1/s1. The zero-order valence-corrected chi connectivity index (χ0v) is 13.9. The van der Waals surface area contributed by atoms with Crippen molar-refractivity contribution >= 4 is 16.7 Å². The molecule has 0 saturated carbocycles. The van der Waals surface area contributed by atoms with Gasteiger partial charge in [-0.15, -0.1) is 0 Å². The SMILES string of the molecule is O=C(c1cc2ccccc2c(=O)[nH]1)N1CCC[C@@H]1Cc1ccccc1. The Kier molecular flexibility index (Phi) is 4.10. The number of aromatic amines is 1. The Balaban J connectivity index is 1.62. The second-order valence-corrected chi connectivity index (χ2v) is 6.58. The van der Waals surface area contributed by atoms with Crippen molar-refractivity contribution in [2.24, 2.45) is 0 Å². The van der Waals surface area contributed by atoms with Crippen molar-refractivity contribution in [1.29, 1.82) is 0 Å². The number of benzene rings is 2. The van der Waals surface area contributed by atoms with Crippen LogP contribution < -0.4 is 5.56 Å². The molecule has 1 atom stereocenters. The maximum Gasteiger partial charge on any atom is 0.270 e. The molecule has 2 aromatic carbocycles. The van der Waals surface area contributed by atoms with Gasteiger partial charge in [0.25, 0.3) is 11.5 Å². The Labute approximate surface area is 146 Å². The summed E-state index contributed by atoms with van der Waals surface area (Å²) < 4.78 is 0. The van der Waals surface area contributed by atoms with Gasteiger partial charge in [-0.25, -0.2) is 0 Å². The van der Waals surface area contributed by atoms with E-state index in [2.05, 4.69) is 17.1 Å². The van der Waals surface area contributed by atoms with Gasteiger partial charge >= 0.3 is 0 Å². The molecular weight excluding hydrogens is 312 g/mol. The maximum absolute atomic E-state index is 13.0. The summed E-state index contributed by atoms with van der Waals surface area (Å²) in [5.74, 6) is -0.0821. The first-order valence-electron chi connectivity index (χ1n) is 8.69. The van der Waals surface area contributed by atoms with Gasteiger partial charge in [-0.2, -0.15) is 0 Å². The number of rotatable bonds is 3. The molecule has 0 bridgehead atoms. The molecule has 4 heteroatoms. The van der Waals surface area contributed by atoms with Gasteiger partial charge in [0.1, 0.15) is 5.69 Å². The van der Waals surface area contributed by atoms with E-state index in [0.29, 0.717) is 11.1 Å². The number of hydrogen-bond acceptors (Lipinski definition) is 2. The Morgan fingerprint density at radius 2 is 1.84 bits per heavy atom. The van der Waals surface area contributed by atoms with Crippen molar-refractivity contribution in [3.05, 3.63) is 82.3 Å². The summed E-state index contributed by atoms with van der Waals surface area (Å²) in [5, 5.41) is 1.41. The van der Waals surface area contributed by atoms with E-state index < -0.39 is 0 Å². The first-order valence-corrected chi connectivity index (χ1v) is 8.69. The minimum absolute atomic E-state index is 0.0821. The smallest absolute Gasteiger partial charge is 0.270 e. The molecule has 1 aliphatic heterocycles. The van der Waals surface area contributed by atoms with Crippen LogP contribution in [0.4, 0.5) is 0 Å². The van der Waals surface area contributed by atoms with Crippen molar-refractivity contribution < 1.29 is 4.79 Å². The summed E-state index contributed by atoms with van der Waals surface area (Å²) in [6.07, 6.45) is 2.85. The van der Waals surface area contributed by atoms with Crippen molar-refractivity contribution in [1.82, 2.24) is 9.88 Å². The van der Waals surface area contributed by atoms with Gasteiger partial charge < -0.3 is 9.88 Å². The summed E-state index contributed by atoms with van der Waals surface area (Å²) in [6.45, 7) is 0.741. The molecule has 0 radical (unpaired) electrons. The number of amides is 1. The number of nitrogens with zero attached hydrogens (tertiary/aromatic N) is 1. The van der Waals surface area contributed by atoms with E-state index in [0.717, 1.165) is 31.2 Å². The van der Waals surface area contributed by atoms with Gasteiger partial charge in [-0.05, 0) is 42.3 Å². The number of hydrogen-bond donors (Lipinski definition) is 1. The van der Waals surface area contributed by atoms with Crippen LogP contribution in [0, 0.1) is 0 Å². The predicted octanol–water partition coefficient (Wildman–Crippen LogP) is 3.38. The molecule has 25 heavy (non-hydrogen) atoms. The number of likely N-dealkylation sites (tertiary alicyclic amines) is 1. The van der Waals surface area contributed by atoms with E-state index in [1.54, 1.807) is 12.1 Å². The van der Waals surface area contributed by atoms with Crippen LogP contribution in [0.15, 0.2) is 65.5 Å². The number of carbonyl (C=O) groups is 1. The largest absolute Gasteiger partial charge is 0.334 e. The fraction of sp³-hybridized carbons (Fsp3) is 0.238. The summed E-state index contributed by atoms with van der Waals surface area (Å²) in [6, 6.07) is 19.6. The van der Waals surface area contributed by atoms with Crippen molar-refractivity contribution in [2.75, 3.05) is 6.54 Å². The number of nitrogens with one attached hydrogen (secondary N) is 1. The van der Waals surface area contributed by atoms with Gasteiger partial charge in [0.2, 0.25) is 0 Å². The van der Waals surface area contributed by atoms with Gasteiger partial charge in [0.05, 0.1) is 0 Å². The molecule has 0 aliphatic carbocycles. The third-order valence-corrected chi connectivity index (χ3v) is 4.94. The number of carbonyl (C=O) groups excluding carboxylic acids is 1. The molecule has 1 aromatic heterocycles. The highest BCUT2D eigenvalue weighted by atomic mass is 16.2. The molecule has 3 aromatic rings. The lowest BCUT2D eigenvalue weighted by Crippen LogP contribution is -2.37. The first kappa shape index (κ1) is 15.6. The highest BCUT2D eigenvalue weighted by Gasteiger charge is 2.30. The monoisotopic (exact) mass is 332 g/mol. The number of fused-ring (bicyclic) bond motifs is 1. The second kappa shape index (κ2) is 6.55. The lowest BCUT2D eigenvalue weighted by atomic mass is 10.0. The lowest BCUT2D eigenvalue weighted by molar-refractivity contribution is 0.0730. The molecule has 2 heterocycles. The van der Waals surface area contributed by atoms with Crippen LogP contribution in [0.3, 0.4) is 0 Å². The molecule has 126 valence electrons. The zero-order chi connectivity index (χ0) is 17.2. The van der Waals surface area contributed by atoms with E-state index in [1.165, 1.54) is 5.56 Å². The normalized spacial score (nSPS) is 17.1. The quantitative estimate of drug-likeness (QED) is 0.799. The topological polar surface area (TPSA) is 53.2 Å². The molecule has 1 aliphatic rings. The van der Waals surface area contributed by atoms with Gasteiger partial charge in [0.15, 0.2) is 0 Å². The van der Waals surface area contributed by atoms with E-state index in [-0.39, 0.29) is 17.5 Å². The van der Waals surface area contributed by atoms with Gasteiger partial charge in [-0.3, -0.25) is 9.59 Å². The van der Waals surface area contributed by atoms with Gasteiger partial charge in [0, 0.05) is 18.0 Å². The number of aromatic nitrogens is 1. The molecule has 1 amide bonds. The molecule has 1 fully saturated rings. The van der Waals surface area contributed by atoms with Crippen LogP contribution in [-0.2, 0) is 6.42 Å². The average Bonchev–Trinajstić information content (AvgIpc) is 3.10. The Morgan fingerprint density at radius 1 is 1.08 bits per heavy atom. The van der Waals surface area contributed by atoms with Crippen LogP contribution in [0.2, 0.25) is 0 Å². The fourth-order valence-corrected chi connectivity index (χ4v) is 3.68. The highest BCUT2D eigenvalue weighted by Crippen LogP contribution is 2.23. The third kappa shape index (κ3) is 3.07. The van der Waals surface area contributed by atoms with E-state index in [4.69, 9.17) is 0 Å². The average molecular weight is 332 g/mol. The highest BCUT2D eigenvalue weighted by molar-refractivity contribution is 5.96. The Morgan fingerprint density at radius 3 is 2.68 bits per heavy atom. The van der Waals surface area contributed by atoms with Gasteiger partial charge in [-0.1, -0.05) is 48.5 Å². The molecule has 1 saturated heterocycles. The van der Waals surface area contributed by atoms with Crippen LogP contribution in [-0.4, -0.2) is 28.4 Å². The Hall–Kier alpha value is -2.88. The lowest BCUT2D eigenvalue weighted by Gasteiger charge is -2.25. The fourth-order valence-electron chi connectivity index (χ4n) is 3.68. The summed E-state index contributed by atoms with van der Waals surface area (Å²) in [4.78, 5) is 29.9. The molecule has 4 nitrogen and oxygen atoms in total.